The number of halogens is 1. The zero-order valence-corrected chi connectivity index (χ0v) is 13.5. The van der Waals surface area contributed by atoms with E-state index in [2.05, 4.69) is 19.0 Å². The molecule has 4 heteroatoms. The molecule has 0 aromatic heterocycles. The van der Waals surface area contributed by atoms with Crippen molar-refractivity contribution in [2.75, 3.05) is 14.1 Å². The van der Waals surface area contributed by atoms with Gasteiger partial charge in [0.1, 0.15) is 5.82 Å². The summed E-state index contributed by atoms with van der Waals surface area (Å²) in [7, 11) is 4.15. The Morgan fingerprint density at radius 1 is 1.23 bits per heavy atom. The second-order valence-corrected chi connectivity index (χ2v) is 6.67. The van der Waals surface area contributed by atoms with Crippen LogP contribution < -0.4 is 0 Å². The number of hydrogen-bond acceptors (Lipinski definition) is 2. The first kappa shape index (κ1) is 16.9. The molecule has 0 aliphatic heterocycles. The molecule has 0 spiro atoms. The van der Waals surface area contributed by atoms with E-state index < -0.39 is 5.97 Å². The topological polar surface area (TPSA) is 40.5 Å². The Hall–Kier alpha value is -1.42. The van der Waals surface area contributed by atoms with E-state index in [0.29, 0.717) is 17.9 Å². The molecular weight excluding hydrogens is 281 g/mol. The molecule has 1 aliphatic carbocycles. The highest BCUT2D eigenvalue weighted by molar-refractivity contribution is 5.66. The number of rotatable bonds is 6. The first-order valence-corrected chi connectivity index (χ1v) is 8.11. The van der Waals surface area contributed by atoms with Crippen LogP contribution in [0.1, 0.15) is 50.1 Å². The summed E-state index contributed by atoms with van der Waals surface area (Å²) < 4.78 is 13.1. The van der Waals surface area contributed by atoms with Crippen molar-refractivity contribution in [2.24, 2.45) is 11.8 Å². The van der Waals surface area contributed by atoms with E-state index in [1.165, 1.54) is 17.7 Å². The Bertz CT molecular complexity index is 478. The standard InChI is InChI=1S/C18H26FNO2/c1-20(2)18(15-8-10-16(19)11-9-15)14-6-3-13(4-7-14)5-12-17(21)22/h8-11,13-14,18H,3-7,12H2,1-2H3,(H,21,22). The van der Waals surface area contributed by atoms with Gasteiger partial charge in [0.05, 0.1) is 0 Å². The summed E-state index contributed by atoms with van der Waals surface area (Å²) in [4.78, 5) is 12.9. The van der Waals surface area contributed by atoms with Crippen molar-refractivity contribution in [1.29, 1.82) is 0 Å². The number of benzene rings is 1. The predicted molar refractivity (Wildman–Crippen MR) is 85.1 cm³/mol. The van der Waals surface area contributed by atoms with Crippen molar-refractivity contribution in [3.8, 4) is 0 Å². The monoisotopic (exact) mass is 307 g/mol. The maximum atomic E-state index is 13.1. The highest BCUT2D eigenvalue weighted by Crippen LogP contribution is 2.40. The smallest absolute Gasteiger partial charge is 0.303 e. The maximum absolute atomic E-state index is 13.1. The highest BCUT2D eigenvalue weighted by atomic mass is 19.1. The van der Waals surface area contributed by atoms with E-state index in [1.54, 1.807) is 0 Å². The average molecular weight is 307 g/mol. The number of nitrogens with zero attached hydrogens (tertiary/aromatic N) is 1. The molecule has 0 radical (unpaired) electrons. The lowest BCUT2D eigenvalue weighted by Crippen LogP contribution is -2.30. The molecule has 0 amide bonds. The molecule has 1 aromatic carbocycles. The third-order valence-electron chi connectivity index (χ3n) is 4.87. The van der Waals surface area contributed by atoms with E-state index >= 15 is 0 Å². The minimum atomic E-state index is -0.695. The van der Waals surface area contributed by atoms with Crippen molar-refractivity contribution in [3.63, 3.8) is 0 Å². The number of aliphatic carboxylic acids is 1. The van der Waals surface area contributed by atoms with Gasteiger partial charge in [0.25, 0.3) is 0 Å². The van der Waals surface area contributed by atoms with Crippen LogP contribution in [0.5, 0.6) is 0 Å². The summed E-state index contributed by atoms with van der Waals surface area (Å²) in [6.45, 7) is 0. The Morgan fingerprint density at radius 3 is 2.32 bits per heavy atom. The van der Waals surface area contributed by atoms with Gasteiger partial charge in [0.2, 0.25) is 0 Å². The van der Waals surface area contributed by atoms with Crippen LogP contribution in [0.4, 0.5) is 4.39 Å². The lowest BCUT2D eigenvalue weighted by Gasteiger charge is -2.37. The van der Waals surface area contributed by atoms with E-state index in [1.807, 2.05) is 12.1 Å². The van der Waals surface area contributed by atoms with Crippen molar-refractivity contribution in [1.82, 2.24) is 4.90 Å². The number of carboxylic acids is 1. The van der Waals surface area contributed by atoms with Crippen molar-refractivity contribution >= 4 is 5.97 Å². The highest BCUT2D eigenvalue weighted by Gasteiger charge is 2.30. The van der Waals surface area contributed by atoms with Crippen LogP contribution in [0.25, 0.3) is 0 Å². The summed E-state index contributed by atoms with van der Waals surface area (Å²) in [6.07, 6.45) is 5.51. The Labute approximate surface area is 132 Å². The van der Waals surface area contributed by atoms with Gasteiger partial charge < -0.3 is 10.0 Å². The zero-order chi connectivity index (χ0) is 16.1. The Balaban J connectivity index is 1.97. The van der Waals surface area contributed by atoms with Crippen LogP contribution in [-0.4, -0.2) is 30.1 Å². The summed E-state index contributed by atoms with van der Waals surface area (Å²) >= 11 is 0. The van der Waals surface area contributed by atoms with Gasteiger partial charge in [-0.05, 0) is 62.9 Å². The predicted octanol–water partition coefficient (Wildman–Crippen LogP) is 4.10. The van der Waals surface area contributed by atoms with Gasteiger partial charge in [0.15, 0.2) is 0 Å². The molecule has 3 nitrogen and oxygen atoms in total. The third kappa shape index (κ3) is 4.54. The van der Waals surface area contributed by atoms with Crippen molar-refractivity contribution < 1.29 is 14.3 Å². The van der Waals surface area contributed by atoms with Gasteiger partial charge in [-0.1, -0.05) is 25.0 Å². The second-order valence-electron chi connectivity index (χ2n) is 6.67. The normalized spacial score (nSPS) is 23.5. The average Bonchev–Trinajstić information content (AvgIpc) is 2.48. The Morgan fingerprint density at radius 2 is 1.82 bits per heavy atom. The van der Waals surface area contributed by atoms with Gasteiger partial charge in [-0.2, -0.15) is 0 Å². The van der Waals surface area contributed by atoms with Gasteiger partial charge in [-0.15, -0.1) is 0 Å². The molecule has 2 rings (SSSR count). The molecule has 1 unspecified atom stereocenters. The largest absolute Gasteiger partial charge is 0.481 e. The zero-order valence-electron chi connectivity index (χ0n) is 13.5. The summed E-state index contributed by atoms with van der Waals surface area (Å²) in [5.41, 5.74) is 1.17. The molecule has 0 saturated heterocycles. The van der Waals surface area contributed by atoms with E-state index in [4.69, 9.17) is 5.11 Å². The van der Waals surface area contributed by atoms with Crippen LogP contribution in [0.2, 0.25) is 0 Å². The molecule has 1 N–H and O–H groups in total. The number of carbonyl (C=O) groups is 1. The molecular formula is C18H26FNO2. The molecule has 0 heterocycles. The molecule has 1 saturated carbocycles. The molecule has 122 valence electrons. The fraction of sp³-hybridized carbons (Fsp3) is 0.611. The fourth-order valence-electron chi connectivity index (χ4n) is 3.77. The van der Waals surface area contributed by atoms with Crippen molar-refractivity contribution in [2.45, 2.75) is 44.6 Å². The Kier molecular flexibility index (Phi) is 5.95. The summed E-state index contributed by atoms with van der Waals surface area (Å²) in [5, 5.41) is 8.79. The van der Waals surface area contributed by atoms with Gasteiger partial charge >= 0.3 is 5.97 Å². The van der Waals surface area contributed by atoms with Crippen LogP contribution >= 0.6 is 0 Å². The number of carboxylic acid groups (broad SMARTS) is 1. The summed E-state index contributed by atoms with van der Waals surface area (Å²) in [6, 6.07) is 7.14. The molecule has 0 bridgehead atoms. The first-order chi connectivity index (χ1) is 10.5. The molecule has 1 atom stereocenters. The van der Waals surface area contributed by atoms with Gasteiger partial charge in [-0.25, -0.2) is 4.39 Å². The van der Waals surface area contributed by atoms with E-state index in [9.17, 15) is 9.18 Å². The second kappa shape index (κ2) is 7.73. The molecule has 1 fully saturated rings. The van der Waals surface area contributed by atoms with E-state index in [-0.39, 0.29) is 12.2 Å². The lowest BCUT2D eigenvalue weighted by atomic mass is 9.75. The lowest BCUT2D eigenvalue weighted by molar-refractivity contribution is -0.137. The minimum absolute atomic E-state index is 0.196. The number of hydrogen-bond donors (Lipinski definition) is 1. The van der Waals surface area contributed by atoms with Crippen LogP contribution in [0.3, 0.4) is 0 Å². The van der Waals surface area contributed by atoms with Crippen LogP contribution in [-0.2, 0) is 4.79 Å². The fourth-order valence-corrected chi connectivity index (χ4v) is 3.77. The molecule has 22 heavy (non-hydrogen) atoms. The molecule has 1 aromatic rings. The minimum Gasteiger partial charge on any atom is -0.481 e. The maximum Gasteiger partial charge on any atom is 0.303 e. The SMILES string of the molecule is CN(C)C(c1ccc(F)cc1)C1CCC(CCC(=O)O)CC1. The van der Waals surface area contributed by atoms with E-state index in [0.717, 1.165) is 32.1 Å². The summed E-state index contributed by atoms with van der Waals surface area (Å²) in [5.74, 6) is 0.211. The van der Waals surface area contributed by atoms with Gasteiger partial charge in [-0.3, -0.25) is 4.79 Å². The third-order valence-corrected chi connectivity index (χ3v) is 4.87. The van der Waals surface area contributed by atoms with Crippen molar-refractivity contribution in [3.05, 3.63) is 35.6 Å². The van der Waals surface area contributed by atoms with Gasteiger partial charge in [0, 0.05) is 12.5 Å². The van der Waals surface area contributed by atoms with Crippen LogP contribution in [0, 0.1) is 17.7 Å². The quantitative estimate of drug-likeness (QED) is 0.860. The molecule has 1 aliphatic rings. The first-order valence-electron chi connectivity index (χ1n) is 8.11. The van der Waals surface area contributed by atoms with Crippen LogP contribution in [0.15, 0.2) is 24.3 Å².